The molecule has 1 N–H and O–H groups in total. The van der Waals surface area contributed by atoms with Crippen LogP contribution < -0.4 is 5.32 Å². The van der Waals surface area contributed by atoms with Gasteiger partial charge in [0.1, 0.15) is 5.82 Å². The molecule has 3 rings (SSSR count). The third-order valence-electron chi connectivity index (χ3n) is 5.02. The van der Waals surface area contributed by atoms with Crippen LogP contribution >= 0.6 is 35.6 Å². The first-order chi connectivity index (χ1) is 10.7. The summed E-state index contributed by atoms with van der Waals surface area (Å²) in [6.45, 7) is 3.76. The smallest absolute Gasteiger partial charge is 0.148 e. The first-order valence-corrected chi connectivity index (χ1v) is 9.02. The number of rotatable bonds is 3. The molecule has 1 aromatic rings. The van der Waals surface area contributed by atoms with Crippen molar-refractivity contribution in [2.75, 3.05) is 26.2 Å². The Kier molecular flexibility index (Phi) is 7.43. The average Bonchev–Trinajstić information content (AvgIpc) is 2.57. The van der Waals surface area contributed by atoms with Crippen molar-refractivity contribution in [1.29, 1.82) is 0 Å². The summed E-state index contributed by atoms with van der Waals surface area (Å²) in [4.78, 5) is 2.40. The molecule has 23 heavy (non-hydrogen) atoms. The van der Waals surface area contributed by atoms with Crippen molar-refractivity contribution in [2.45, 2.75) is 38.1 Å². The number of hydrogen-bond acceptors (Lipinski definition) is 2. The van der Waals surface area contributed by atoms with Gasteiger partial charge < -0.3 is 5.32 Å². The zero-order chi connectivity index (χ0) is 15.5. The van der Waals surface area contributed by atoms with Gasteiger partial charge in [0.25, 0.3) is 0 Å². The maximum absolute atomic E-state index is 14.8. The van der Waals surface area contributed by atoms with Gasteiger partial charge in [0, 0.05) is 42.8 Å². The minimum Gasteiger partial charge on any atom is -0.314 e. The summed E-state index contributed by atoms with van der Waals surface area (Å²) in [6.07, 6.45) is 6.05. The maximum Gasteiger partial charge on any atom is 0.148 e. The van der Waals surface area contributed by atoms with E-state index in [-0.39, 0.29) is 29.3 Å². The summed E-state index contributed by atoms with van der Waals surface area (Å²) >= 11 is 12.4. The molecule has 2 nitrogen and oxygen atoms in total. The van der Waals surface area contributed by atoms with Gasteiger partial charge in [-0.1, -0.05) is 42.5 Å². The molecule has 1 aliphatic heterocycles. The van der Waals surface area contributed by atoms with Crippen LogP contribution in [-0.2, 0) is 0 Å². The molecule has 1 aliphatic carbocycles. The molecule has 1 saturated heterocycles. The van der Waals surface area contributed by atoms with E-state index < -0.39 is 0 Å². The molecule has 1 heterocycles. The Morgan fingerprint density at radius 1 is 1.04 bits per heavy atom. The van der Waals surface area contributed by atoms with E-state index >= 15 is 0 Å². The van der Waals surface area contributed by atoms with Crippen LogP contribution in [0.15, 0.2) is 12.1 Å². The van der Waals surface area contributed by atoms with Crippen molar-refractivity contribution in [3.8, 4) is 0 Å². The Labute approximate surface area is 154 Å². The molecule has 0 unspecified atom stereocenters. The zero-order valence-corrected chi connectivity index (χ0v) is 15.5. The molecule has 2 aliphatic rings. The summed E-state index contributed by atoms with van der Waals surface area (Å²) < 4.78 is 14.8. The predicted octanol–water partition coefficient (Wildman–Crippen LogP) is 5.08. The molecule has 0 aromatic heterocycles. The van der Waals surface area contributed by atoms with E-state index in [4.69, 9.17) is 23.2 Å². The van der Waals surface area contributed by atoms with Crippen LogP contribution in [0.1, 0.15) is 43.7 Å². The summed E-state index contributed by atoms with van der Waals surface area (Å²) in [5, 5.41) is 4.06. The molecule has 0 radical (unpaired) electrons. The fraction of sp³-hybridized carbons (Fsp3) is 0.647. The number of nitrogens with zero attached hydrogens (tertiary/aromatic N) is 1. The lowest BCUT2D eigenvalue weighted by molar-refractivity contribution is 0.101. The number of hydrogen-bond donors (Lipinski definition) is 1. The highest BCUT2D eigenvalue weighted by atomic mass is 35.5. The van der Waals surface area contributed by atoms with Crippen molar-refractivity contribution < 1.29 is 4.39 Å². The largest absolute Gasteiger partial charge is 0.314 e. The van der Waals surface area contributed by atoms with E-state index in [1.807, 2.05) is 0 Å². The molecule has 0 bridgehead atoms. The summed E-state index contributed by atoms with van der Waals surface area (Å²) in [5.74, 6) is 0.139. The number of nitrogens with one attached hydrogen (secondary N) is 1. The highest BCUT2D eigenvalue weighted by molar-refractivity contribution is 6.33. The van der Waals surface area contributed by atoms with Gasteiger partial charge >= 0.3 is 0 Å². The number of piperazine rings is 1. The van der Waals surface area contributed by atoms with Gasteiger partial charge in [-0.15, -0.1) is 12.4 Å². The summed E-state index contributed by atoms with van der Waals surface area (Å²) in [6, 6.07) is 3.34. The zero-order valence-electron chi connectivity index (χ0n) is 13.2. The van der Waals surface area contributed by atoms with Crippen molar-refractivity contribution in [1.82, 2.24) is 10.2 Å². The lowest BCUT2D eigenvalue weighted by Gasteiger charge is -2.41. The Morgan fingerprint density at radius 3 is 2.30 bits per heavy atom. The van der Waals surface area contributed by atoms with Crippen LogP contribution in [0.3, 0.4) is 0 Å². The Balaban J connectivity index is 0.00000192. The van der Waals surface area contributed by atoms with Crippen LogP contribution in [0.2, 0.25) is 10.0 Å². The number of halogens is 4. The second-order valence-corrected chi connectivity index (χ2v) is 7.20. The third kappa shape index (κ3) is 4.32. The maximum atomic E-state index is 14.8. The highest BCUT2D eigenvalue weighted by Crippen LogP contribution is 2.43. The standard InChI is InChI=1S/C17H23Cl2FN2.ClH/c18-13-6-7-14(19)16(20)15(13)17(12-4-2-1-3-5-12)22-10-8-21-9-11-22;/h6-7,12,17,21H,1-5,8-11H2;1H/t17-;/m1./s1. The molecule has 1 saturated carbocycles. The fourth-order valence-electron chi connectivity index (χ4n) is 3.94. The van der Waals surface area contributed by atoms with E-state index in [9.17, 15) is 4.39 Å². The third-order valence-corrected chi connectivity index (χ3v) is 5.64. The molecule has 130 valence electrons. The quantitative estimate of drug-likeness (QED) is 0.734. The molecule has 1 aromatic carbocycles. The van der Waals surface area contributed by atoms with Gasteiger partial charge in [-0.2, -0.15) is 0 Å². The van der Waals surface area contributed by atoms with Gasteiger partial charge in [-0.05, 0) is 30.9 Å². The van der Waals surface area contributed by atoms with Gasteiger partial charge in [-0.25, -0.2) is 4.39 Å². The van der Waals surface area contributed by atoms with Crippen LogP contribution in [0, 0.1) is 11.7 Å². The van der Waals surface area contributed by atoms with E-state index in [1.54, 1.807) is 12.1 Å². The molecule has 2 fully saturated rings. The molecule has 6 heteroatoms. The fourth-order valence-corrected chi connectivity index (χ4v) is 4.36. The summed E-state index contributed by atoms with van der Waals surface area (Å²) in [7, 11) is 0. The molecular formula is C17H24Cl3FN2. The van der Waals surface area contributed by atoms with Crippen molar-refractivity contribution in [2.24, 2.45) is 5.92 Å². The first kappa shape index (κ1) is 19.3. The Hall–Kier alpha value is -0.0600. The second kappa shape index (κ2) is 8.87. The van der Waals surface area contributed by atoms with Gasteiger partial charge in [0.05, 0.1) is 5.02 Å². The lowest BCUT2D eigenvalue weighted by atomic mass is 9.80. The summed E-state index contributed by atoms with van der Waals surface area (Å²) in [5.41, 5.74) is 0.614. The topological polar surface area (TPSA) is 15.3 Å². The van der Waals surface area contributed by atoms with Crippen LogP contribution in [0.25, 0.3) is 0 Å². The van der Waals surface area contributed by atoms with E-state index in [2.05, 4.69) is 10.2 Å². The van der Waals surface area contributed by atoms with Gasteiger partial charge in [0.15, 0.2) is 0 Å². The average molecular weight is 382 g/mol. The normalized spacial score (nSPS) is 21.7. The van der Waals surface area contributed by atoms with Crippen LogP contribution in [0.4, 0.5) is 4.39 Å². The van der Waals surface area contributed by atoms with Crippen LogP contribution in [0.5, 0.6) is 0 Å². The SMILES string of the molecule is Cl.Fc1c(Cl)ccc(Cl)c1[C@@H](C1CCCCC1)N1CCNCC1. The Bertz CT molecular complexity index is 497. The van der Waals surface area contributed by atoms with Crippen molar-refractivity contribution in [3.63, 3.8) is 0 Å². The van der Waals surface area contributed by atoms with Crippen molar-refractivity contribution >= 4 is 35.6 Å². The lowest BCUT2D eigenvalue weighted by Crippen LogP contribution is -2.47. The van der Waals surface area contributed by atoms with Crippen molar-refractivity contribution in [3.05, 3.63) is 33.6 Å². The van der Waals surface area contributed by atoms with Crippen LogP contribution in [-0.4, -0.2) is 31.1 Å². The minimum absolute atomic E-state index is 0. The minimum atomic E-state index is -0.330. The van der Waals surface area contributed by atoms with Gasteiger partial charge in [-0.3, -0.25) is 4.90 Å². The molecular weight excluding hydrogens is 358 g/mol. The highest BCUT2D eigenvalue weighted by Gasteiger charge is 2.34. The van der Waals surface area contributed by atoms with Gasteiger partial charge in [0.2, 0.25) is 0 Å². The first-order valence-electron chi connectivity index (χ1n) is 8.26. The monoisotopic (exact) mass is 380 g/mol. The molecule has 0 amide bonds. The van der Waals surface area contributed by atoms with E-state index in [0.717, 1.165) is 39.0 Å². The Morgan fingerprint density at radius 2 is 1.65 bits per heavy atom. The van der Waals surface area contributed by atoms with E-state index in [1.165, 1.54) is 19.3 Å². The second-order valence-electron chi connectivity index (χ2n) is 6.39. The molecule has 0 spiro atoms. The number of benzene rings is 1. The molecule has 1 atom stereocenters. The predicted molar refractivity (Wildman–Crippen MR) is 97.4 cm³/mol. The van der Waals surface area contributed by atoms with E-state index in [0.29, 0.717) is 16.5 Å².